The monoisotopic (exact) mass is 484 g/mol. The number of carbonyl (C=O) groups is 1. The molecule has 4 nitrogen and oxygen atoms in total. The summed E-state index contributed by atoms with van der Waals surface area (Å²) < 4.78 is 0. The lowest BCUT2D eigenvalue weighted by Gasteiger charge is -2.43. The van der Waals surface area contributed by atoms with Crippen LogP contribution in [0.3, 0.4) is 0 Å². The molecule has 0 atom stereocenters. The van der Waals surface area contributed by atoms with E-state index in [1.807, 2.05) is 43.0 Å². The zero-order chi connectivity index (χ0) is 25.7. The van der Waals surface area contributed by atoms with Gasteiger partial charge in [0.05, 0.1) is 0 Å². The predicted molar refractivity (Wildman–Crippen MR) is 148 cm³/mol. The Morgan fingerprint density at radius 3 is 2.11 bits per heavy atom. The number of aromatic hydroxyl groups is 1. The summed E-state index contributed by atoms with van der Waals surface area (Å²) in [7, 11) is 0. The highest BCUT2D eigenvalue weighted by molar-refractivity contribution is 5.94. The second-order valence-corrected chi connectivity index (χ2v) is 10.4. The largest absolute Gasteiger partial charge is 0.508 e. The Hall–Kier alpha value is -3.11. The van der Waals surface area contributed by atoms with Gasteiger partial charge in [0.25, 0.3) is 5.91 Å². The van der Waals surface area contributed by atoms with Crippen molar-refractivity contribution in [2.24, 2.45) is 0 Å². The summed E-state index contributed by atoms with van der Waals surface area (Å²) in [4.78, 5) is 17.2. The minimum Gasteiger partial charge on any atom is -0.508 e. The van der Waals surface area contributed by atoms with Gasteiger partial charge >= 0.3 is 0 Å². The molecule has 1 amide bonds. The molecule has 3 aromatic rings. The van der Waals surface area contributed by atoms with Crippen molar-refractivity contribution >= 4 is 5.91 Å². The molecule has 1 saturated heterocycles. The molecule has 0 bridgehead atoms. The zero-order valence-electron chi connectivity index (χ0n) is 22.2. The number of piperidine rings is 1. The molecule has 1 N–H and O–H groups in total. The molecule has 0 radical (unpaired) electrons. The van der Waals surface area contributed by atoms with Gasteiger partial charge < -0.3 is 10.0 Å². The van der Waals surface area contributed by atoms with Crippen LogP contribution >= 0.6 is 0 Å². The fourth-order valence-electron chi connectivity index (χ4n) is 5.53. The molecule has 0 saturated carbocycles. The Labute approximate surface area is 216 Å². The van der Waals surface area contributed by atoms with Crippen molar-refractivity contribution in [3.63, 3.8) is 0 Å². The number of likely N-dealkylation sites (tertiary alicyclic amines) is 1. The molecule has 0 spiro atoms. The van der Waals surface area contributed by atoms with Crippen molar-refractivity contribution in [3.05, 3.63) is 101 Å². The van der Waals surface area contributed by atoms with Crippen LogP contribution in [0.15, 0.2) is 72.8 Å². The number of phenolic OH excluding ortho intramolecular Hbond substituents is 1. The number of rotatable bonds is 8. The van der Waals surface area contributed by atoms with Crippen molar-refractivity contribution in [1.82, 2.24) is 9.80 Å². The van der Waals surface area contributed by atoms with Crippen LogP contribution in [0.2, 0.25) is 0 Å². The van der Waals surface area contributed by atoms with E-state index in [9.17, 15) is 9.90 Å². The highest BCUT2D eigenvalue weighted by Crippen LogP contribution is 2.43. The third kappa shape index (κ3) is 5.49. The first kappa shape index (κ1) is 26.0. The molecule has 4 heteroatoms. The van der Waals surface area contributed by atoms with E-state index in [0.29, 0.717) is 24.8 Å². The van der Waals surface area contributed by atoms with E-state index < -0.39 is 0 Å². The Morgan fingerprint density at radius 2 is 1.56 bits per heavy atom. The van der Waals surface area contributed by atoms with Gasteiger partial charge in [-0.25, -0.2) is 0 Å². The summed E-state index contributed by atoms with van der Waals surface area (Å²) in [6.07, 6.45) is 1.92. The minimum atomic E-state index is -0.187. The molecule has 1 aliphatic rings. The van der Waals surface area contributed by atoms with Crippen LogP contribution in [0.4, 0.5) is 0 Å². The maximum Gasteiger partial charge on any atom is 0.253 e. The molecule has 36 heavy (non-hydrogen) atoms. The van der Waals surface area contributed by atoms with Crippen molar-refractivity contribution in [1.29, 1.82) is 0 Å². The Morgan fingerprint density at radius 1 is 0.917 bits per heavy atom. The van der Waals surface area contributed by atoms with Crippen LogP contribution in [-0.2, 0) is 12.0 Å². The van der Waals surface area contributed by atoms with E-state index in [1.54, 1.807) is 6.07 Å². The van der Waals surface area contributed by atoms with Crippen LogP contribution in [0, 0.1) is 0 Å². The Bertz CT molecular complexity index is 1140. The maximum absolute atomic E-state index is 12.8. The van der Waals surface area contributed by atoms with Crippen LogP contribution < -0.4 is 0 Å². The molecule has 0 unspecified atom stereocenters. The van der Waals surface area contributed by atoms with Gasteiger partial charge in [-0.15, -0.1) is 0 Å². The van der Waals surface area contributed by atoms with Crippen LogP contribution in [-0.4, -0.2) is 47.0 Å². The molecular formula is C32H40N2O2. The van der Waals surface area contributed by atoms with E-state index >= 15 is 0 Å². The van der Waals surface area contributed by atoms with E-state index in [0.717, 1.165) is 43.6 Å². The summed E-state index contributed by atoms with van der Waals surface area (Å²) in [5.74, 6) is 0.926. The molecule has 190 valence electrons. The minimum absolute atomic E-state index is 0.0799. The van der Waals surface area contributed by atoms with Crippen LogP contribution in [0.5, 0.6) is 5.75 Å². The summed E-state index contributed by atoms with van der Waals surface area (Å²) in [5, 5.41) is 10.3. The summed E-state index contributed by atoms with van der Waals surface area (Å²) in [6, 6.07) is 24.9. The molecule has 0 aromatic heterocycles. The lowest BCUT2D eigenvalue weighted by Crippen LogP contribution is -2.43. The highest BCUT2D eigenvalue weighted by atomic mass is 16.3. The van der Waals surface area contributed by atoms with Gasteiger partial charge in [0.15, 0.2) is 0 Å². The topological polar surface area (TPSA) is 43.8 Å². The second-order valence-electron chi connectivity index (χ2n) is 10.4. The number of nitrogens with zero attached hydrogens (tertiary/aromatic N) is 2. The first-order valence-corrected chi connectivity index (χ1v) is 13.4. The molecular weight excluding hydrogens is 444 g/mol. The maximum atomic E-state index is 12.8. The Kier molecular flexibility index (Phi) is 8.15. The van der Waals surface area contributed by atoms with Gasteiger partial charge in [0.1, 0.15) is 5.75 Å². The second kappa shape index (κ2) is 11.3. The predicted octanol–water partition coefficient (Wildman–Crippen LogP) is 6.58. The number of carbonyl (C=O) groups excluding carboxylic acids is 1. The average Bonchev–Trinajstić information content (AvgIpc) is 2.90. The van der Waals surface area contributed by atoms with E-state index in [2.05, 4.69) is 61.2 Å². The fourth-order valence-corrected chi connectivity index (χ4v) is 5.53. The van der Waals surface area contributed by atoms with Crippen LogP contribution in [0.1, 0.15) is 79.1 Å². The summed E-state index contributed by atoms with van der Waals surface area (Å²) in [6.45, 7) is 12.8. The number of benzene rings is 3. The first-order valence-electron chi connectivity index (χ1n) is 13.4. The van der Waals surface area contributed by atoms with Crippen molar-refractivity contribution in [3.8, 4) is 5.75 Å². The SMILES string of the molecule is CCN(CC)C(=O)c1ccc(C2(c3cccc(O)c3)CCN(Cc3ccc(C(C)C)cc3)CC2)cc1. The molecule has 1 heterocycles. The number of hydrogen-bond donors (Lipinski definition) is 1. The first-order chi connectivity index (χ1) is 17.4. The van der Waals surface area contributed by atoms with E-state index in [-0.39, 0.29) is 11.3 Å². The third-order valence-corrected chi connectivity index (χ3v) is 7.90. The average molecular weight is 485 g/mol. The highest BCUT2D eigenvalue weighted by Gasteiger charge is 2.38. The summed E-state index contributed by atoms with van der Waals surface area (Å²) in [5.41, 5.74) is 5.63. The lowest BCUT2D eigenvalue weighted by atomic mass is 9.68. The quantitative estimate of drug-likeness (QED) is 0.393. The van der Waals surface area contributed by atoms with E-state index in [1.165, 1.54) is 16.7 Å². The number of hydrogen-bond acceptors (Lipinski definition) is 3. The zero-order valence-corrected chi connectivity index (χ0v) is 22.2. The lowest BCUT2D eigenvalue weighted by molar-refractivity contribution is 0.0773. The molecule has 1 aliphatic heterocycles. The van der Waals surface area contributed by atoms with Gasteiger partial charge in [-0.2, -0.15) is 0 Å². The molecule has 0 aliphatic carbocycles. The van der Waals surface area contributed by atoms with Gasteiger partial charge in [-0.3, -0.25) is 9.69 Å². The summed E-state index contributed by atoms with van der Waals surface area (Å²) >= 11 is 0. The van der Waals surface area contributed by atoms with Gasteiger partial charge in [-0.1, -0.05) is 62.4 Å². The standard InChI is InChI=1S/C32H40N2O2/c1-5-34(6-2)31(36)27-14-16-28(17-15-27)32(29-8-7-9-30(35)22-29)18-20-33(21-19-32)23-25-10-12-26(13-11-25)24(3)4/h7-17,22,24,35H,5-6,18-21,23H2,1-4H3. The van der Waals surface area contributed by atoms with Crippen LogP contribution in [0.25, 0.3) is 0 Å². The van der Waals surface area contributed by atoms with Gasteiger partial charge in [0, 0.05) is 30.6 Å². The Balaban J connectivity index is 1.56. The van der Waals surface area contributed by atoms with Crippen molar-refractivity contribution in [2.75, 3.05) is 26.2 Å². The van der Waals surface area contributed by atoms with Gasteiger partial charge in [-0.05, 0) is 92.2 Å². The van der Waals surface area contributed by atoms with Crippen molar-refractivity contribution < 1.29 is 9.90 Å². The fraction of sp³-hybridized carbons (Fsp3) is 0.406. The molecule has 3 aromatic carbocycles. The van der Waals surface area contributed by atoms with Gasteiger partial charge in [0.2, 0.25) is 0 Å². The van der Waals surface area contributed by atoms with Crippen molar-refractivity contribution in [2.45, 2.75) is 58.4 Å². The number of amides is 1. The number of phenols is 1. The molecule has 1 fully saturated rings. The normalized spacial score (nSPS) is 15.7. The molecule has 4 rings (SSSR count). The van der Waals surface area contributed by atoms with E-state index in [4.69, 9.17) is 0 Å². The smallest absolute Gasteiger partial charge is 0.253 e. The third-order valence-electron chi connectivity index (χ3n) is 7.90.